The highest BCUT2D eigenvalue weighted by molar-refractivity contribution is 5.96. The normalized spacial score (nSPS) is 15.1. The second-order valence-electron chi connectivity index (χ2n) is 6.49. The lowest BCUT2D eigenvalue weighted by atomic mass is 10.0. The number of hydrogen-bond donors (Lipinski definition) is 2. The third-order valence-electron chi connectivity index (χ3n) is 4.66. The summed E-state index contributed by atoms with van der Waals surface area (Å²) in [5, 5.41) is 10.1. The number of allylic oxidation sites excluding steroid dienone is 1. The predicted molar refractivity (Wildman–Crippen MR) is 91.3 cm³/mol. The molecule has 2 aromatic rings. The minimum absolute atomic E-state index is 0.150. The molecule has 0 bridgehead atoms. The number of nitrogens with zero attached hydrogens (tertiary/aromatic N) is 2. The average molecular weight is 308 g/mol. The number of fused-ring (bicyclic) bond motifs is 2. The van der Waals surface area contributed by atoms with E-state index in [4.69, 9.17) is 0 Å². The maximum Gasteiger partial charge on any atom is 0.321 e. The molecule has 2 aliphatic carbocycles. The smallest absolute Gasteiger partial charge is 0.321 e. The monoisotopic (exact) mass is 308 g/mol. The summed E-state index contributed by atoms with van der Waals surface area (Å²) in [6.45, 7) is 0. The van der Waals surface area contributed by atoms with Gasteiger partial charge in [-0.1, -0.05) is 12.1 Å². The Morgan fingerprint density at radius 2 is 2.00 bits per heavy atom. The standard InChI is InChI=1S/C18H20N4O/c1-22(2)18(23)20-16-10-19-21-17(16)15-8-13-6-11-4-3-5-12(11)7-14(13)9-15/h6-8,10H,3-5,9H2,1-2H3,(H,19,21)(H,20,23). The summed E-state index contributed by atoms with van der Waals surface area (Å²) < 4.78 is 0. The average Bonchev–Trinajstić information content (AvgIpc) is 3.22. The number of amides is 2. The van der Waals surface area contributed by atoms with E-state index in [2.05, 4.69) is 33.7 Å². The van der Waals surface area contributed by atoms with Crippen LogP contribution in [0.2, 0.25) is 0 Å². The largest absolute Gasteiger partial charge is 0.331 e. The molecular weight excluding hydrogens is 288 g/mol. The number of carbonyl (C=O) groups excluding carboxylic acids is 1. The zero-order valence-electron chi connectivity index (χ0n) is 13.4. The van der Waals surface area contributed by atoms with E-state index in [0.717, 1.165) is 23.4 Å². The van der Waals surface area contributed by atoms with Crippen molar-refractivity contribution in [1.29, 1.82) is 0 Å². The summed E-state index contributed by atoms with van der Waals surface area (Å²) in [6.07, 6.45) is 8.48. The summed E-state index contributed by atoms with van der Waals surface area (Å²) in [7, 11) is 3.45. The Bertz CT molecular complexity index is 816. The highest BCUT2D eigenvalue weighted by Crippen LogP contribution is 2.37. The van der Waals surface area contributed by atoms with Crippen LogP contribution >= 0.6 is 0 Å². The number of benzene rings is 1. The molecule has 23 heavy (non-hydrogen) atoms. The van der Waals surface area contributed by atoms with Crippen molar-refractivity contribution in [3.05, 3.63) is 46.3 Å². The molecule has 1 heterocycles. The first-order chi connectivity index (χ1) is 11.1. The van der Waals surface area contributed by atoms with E-state index >= 15 is 0 Å². The highest BCUT2D eigenvalue weighted by Gasteiger charge is 2.22. The fraction of sp³-hybridized carbons (Fsp3) is 0.333. The molecule has 118 valence electrons. The van der Waals surface area contributed by atoms with Crippen LogP contribution in [0.25, 0.3) is 11.6 Å². The SMILES string of the molecule is CN(C)C(=O)Nc1c[nH]nc1C1=Cc2cc3c(cc2C1)CCC3. The van der Waals surface area contributed by atoms with E-state index in [1.165, 1.54) is 46.4 Å². The van der Waals surface area contributed by atoms with Gasteiger partial charge in [-0.15, -0.1) is 0 Å². The maximum absolute atomic E-state index is 11.9. The molecular formula is C18H20N4O. The molecule has 2 aliphatic rings. The first kappa shape index (κ1) is 14.1. The van der Waals surface area contributed by atoms with Crippen molar-refractivity contribution in [1.82, 2.24) is 15.1 Å². The van der Waals surface area contributed by atoms with Gasteiger partial charge in [-0.2, -0.15) is 5.10 Å². The molecule has 0 saturated carbocycles. The zero-order chi connectivity index (χ0) is 16.0. The molecule has 1 aromatic heterocycles. The molecule has 0 aliphatic heterocycles. The number of urea groups is 1. The number of anilines is 1. The minimum Gasteiger partial charge on any atom is -0.331 e. The minimum atomic E-state index is -0.150. The molecule has 0 unspecified atom stereocenters. The number of nitrogens with one attached hydrogen (secondary N) is 2. The summed E-state index contributed by atoms with van der Waals surface area (Å²) >= 11 is 0. The Balaban J connectivity index is 1.63. The molecule has 5 nitrogen and oxygen atoms in total. The number of aryl methyl sites for hydroxylation is 2. The fourth-order valence-corrected chi connectivity index (χ4v) is 3.43. The molecule has 1 aromatic carbocycles. The summed E-state index contributed by atoms with van der Waals surface area (Å²) in [5.74, 6) is 0. The molecule has 0 spiro atoms. The van der Waals surface area contributed by atoms with Crippen LogP contribution in [0.5, 0.6) is 0 Å². The Hall–Kier alpha value is -2.56. The number of rotatable bonds is 2. The summed E-state index contributed by atoms with van der Waals surface area (Å²) in [5.41, 5.74) is 8.37. The molecule has 0 fully saturated rings. The van der Waals surface area contributed by atoms with Crippen LogP contribution in [0.1, 0.15) is 34.4 Å². The number of carbonyl (C=O) groups is 1. The van der Waals surface area contributed by atoms with Crippen molar-refractivity contribution >= 4 is 23.4 Å². The van der Waals surface area contributed by atoms with Gasteiger partial charge in [0.15, 0.2) is 0 Å². The van der Waals surface area contributed by atoms with Crippen LogP contribution in [0.15, 0.2) is 18.3 Å². The van der Waals surface area contributed by atoms with Gasteiger partial charge in [0.05, 0.1) is 5.69 Å². The molecule has 0 atom stereocenters. The van der Waals surface area contributed by atoms with Crippen molar-refractivity contribution in [3.63, 3.8) is 0 Å². The molecule has 0 saturated heterocycles. The van der Waals surface area contributed by atoms with Crippen molar-refractivity contribution in [2.75, 3.05) is 19.4 Å². The van der Waals surface area contributed by atoms with Gasteiger partial charge < -0.3 is 10.2 Å². The van der Waals surface area contributed by atoms with Crippen LogP contribution < -0.4 is 5.32 Å². The lowest BCUT2D eigenvalue weighted by Gasteiger charge is -2.11. The van der Waals surface area contributed by atoms with E-state index in [-0.39, 0.29) is 6.03 Å². The second-order valence-corrected chi connectivity index (χ2v) is 6.49. The van der Waals surface area contributed by atoms with Crippen molar-refractivity contribution in [2.24, 2.45) is 0 Å². The highest BCUT2D eigenvalue weighted by atomic mass is 16.2. The van der Waals surface area contributed by atoms with E-state index in [0.29, 0.717) is 0 Å². The van der Waals surface area contributed by atoms with Crippen molar-refractivity contribution < 1.29 is 4.79 Å². The molecule has 2 amide bonds. The predicted octanol–water partition coefficient (Wildman–Crippen LogP) is 3.09. The Labute approximate surface area is 135 Å². The van der Waals surface area contributed by atoms with Crippen LogP contribution in [0, 0.1) is 0 Å². The van der Waals surface area contributed by atoms with Gasteiger partial charge in [-0.3, -0.25) is 5.10 Å². The van der Waals surface area contributed by atoms with Gasteiger partial charge in [0.2, 0.25) is 0 Å². The maximum atomic E-state index is 11.9. The zero-order valence-corrected chi connectivity index (χ0v) is 13.4. The Morgan fingerprint density at radius 1 is 1.22 bits per heavy atom. The number of aromatic nitrogens is 2. The van der Waals surface area contributed by atoms with E-state index < -0.39 is 0 Å². The van der Waals surface area contributed by atoms with Gasteiger partial charge in [-0.25, -0.2) is 4.79 Å². The van der Waals surface area contributed by atoms with Gasteiger partial charge in [-0.05, 0) is 53.2 Å². The molecule has 2 N–H and O–H groups in total. The summed E-state index contributed by atoms with van der Waals surface area (Å²) in [4.78, 5) is 13.4. The van der Waals surface area contributed by atoms with E-state index in [1.807, 2.05) is 0 Å². The van der Waals surface area contributed by atoms with E-state index in [9.17, 15) is 4.79 Å². The van der Waals surface area contributed by atoms with Gasteiger partial charge in [0, 0.05) is 26.7 Å². The number of H-pyrrole nitrogens is 1. The van der Waals surface area contributed by atoms with Crippen LogP contribution in [-0.4, -0.2) is 35.2 Å². The first-order valence-electron chi connectivity index (χ1n) is 7.99. The van der Waals surface area contributed by atoms with Crippen LogP contribution in [0.4, 0.5) is 10.5 Å². The summed E-state index contributed by atoms with van der Waals surface area (Å²) in [6, 6.07) is 4.53. The molecule has 0 radical (unpaired) electrons. The first-order valence-corrected chi connectivity index (χ1v) is 7.99. The van der Waals surface area contributed by atoms with Gasteiger partial charge in [0.25, 0.3) is 0 Å². The topological polar surface area (TPSA) is 61.0 Å². The third-order valence-corrected chi connectivity index (χ3v) is 4.66. The van der Waals surface area contributed by atoms with Crippen molar-refractivity contribution in [3.8, 4) is 0 Å². The second kappa shape index (κ2) is 5.26. The Morgan fingerprint density at radius 3 is 2.78 bits per heavy atom. The lowest BCUT2D eigenvalue weighted by Crippen LogP contribution is -2.27. The molecule has 4 rings (SSSR count). The van der Waals surface area contributed by atoms with Crippen LogP contribution in [-0.2, 0) is 19.3 Å². The lowest BCUT2D eigenvalue weighted by molar-refractivity contribution is 0.230. The van der Waals surface area contributed by atoms with Gasteiger partial charge >= 0.3 is 6.03 Å². The van der Waals surface area contributed by atoms with Gasteiger partial charge in [0.1, 0.15) is 5.69 Å². The molecule has 5 heteroatoms. The Kier molecular flexibility index (Phi) is 3.22. The fourth-order valence-electron chi connectivity index (χ4n) is 3.43. The number of hydrogen-bond acceptors (Lipinski definition) is 2. The van der Waals surface area contributed by atoms with Crippen molar-refractivity contribution in [2.45, 2.75) is 25.7 Å². The van der Waals surface area contributed by atoms with E-state index in [1.54, 1.807) is 20.3 Å². The third kappa shape index (κ3) is 2.42. The van der Waals surface area contributed by atoms with Crippen LogP contribution in [0.3, 0.4) is 0 Å². The number of aromatic amines is 1. The quantitative estimate of drug-likeness (QED) is 0.895.